The molecule has 0 bridgehead atoms. The molecule has 0 saturated heterocycles. The van der Waals surface area contributed by atoms with Crippen LogP contribution in [0.4, 0.5) is 0 Å². The molecule has 0 atom stereocenters. The number of nitrogens with zero attached hydrogens (tertiary/aromatic N) is 2. The van der Waals surface area contributed by atoms with E-state index in [-0.39, 0.29) is 5.91 Å². The van der Waals surface area contributed by atoms with Crippen molar-refractivity contribution in [1.82, 2.24) is 14.9 Å². The average molecular weight is 389 g/mol. The minimum Gasteiger partial charge on any atom is -0.342 e. The lowest BCUT2D eigenvalue weighted by Gasteiger charge is -2.19. The lowest BCUT2D eigenvalue weighted by atomic mass is 9.93. The molecule has 1 saturated carbocycles. The molecule has 5 heteroatoms. The molecule has 2 heterocycles. The molecule has 0 spiro atoms. The molecular formula is C24H27N3O2. The quantitative estimate of drug-likeness (QED) is 0.649. The van der Waals surface area contributed by atoms with Gasteiger partial charge in [0.05, 0.1) is 16.9 Å². The first-order valence-corrected chi connectivity index (χ1v) is 10.2. The Labute approximate surface area is 171 Å². The van der Waals surface area contributed by atoms with E-state index in [1.165, 1.54) is 36.6 Å². The molecule has 0 unspecified atom stereocenters. The highest BCUT2D eigenvalue weighted by Crippen LogP contribution is 2.44. The molecule has 1 fully saturated rings. The summed E-state index contributed by atoms with van der Waals surface area (Å²) in [6, 6.07) is 11.8. The summed E-state index contributed by atoms with van der Waals surface area (Å²) in [5.41, 5.74) is 4.12. The monoisotopic (exact) mass is 389 g/mol. The molecule has 1 aromatic carbocycles. The number of aldehydes is 1. The lowest BCUT2D eigenvalue weighted by molar-refractivity contribution is -0.112. The van der Waals surface area contributed by atoms with Crippen molar-refractivity contribution >= 4 is 23.1 Å². The minimum absolute atomic E-state index is 0.244. The highest BCUT2D eigenvalue weighted by molar-refractivity contribution is 6.01. The summed E-state index contributed by atoms with van der Waals surface area (Å²) in [4.78, 5) is 28.5. The van der Waals surface area contributed by atoms with Crippen molar-refractivity contribution in [2.75, 3.05) is 0 Å². The van der Waals surface area contributed by atoms with Gasteiger partial charge in [0.15, 0.2) is 0 Å². The molecule has 4 rings (SSSR count). The van der Waals surface area contributed by atoms with Crippen LogP contribution in [0.5, 0.6) is 0 Å². The summed E-state index contributed by atoms with van der Waals surface area (Å²) in [6.45, 7) is 3.38. The Morgan fingerprint density at radius 1 is 1.21 bits per heavy atom. The van der Waals surface area contributed by atoms with Crippen molar-refractivity contribution < 1.29 is 9.59 Å². The van der Waals surface area contributed by atoms with Gasteiger partial charge in [-0.25, -0.2) is 0 Å². The predicted octanol–water partition coefficient (Wildman–Crippen LogP) is 4.61. The molecule has 5 nitrogen and oxygen atoms in total. The molecule has 1 N–H and O–H groups in total. The van der Waals surface area contributed by atoms with Crippen LogP contribution in [0.2, 0.25) is 0 Å². The number of aromatic nitrogens is 2. The van der Waals surface area contributed by atoms with Crippen LogP contribution in [0.15, 0.2) is 42.6 Å². The Morgan fingerprint density at radius 3 is 2.62 bits per heavy atom. The number of amides is 1. The minimum atomic E-state index is -0.894. The molecule has 29 heavy (non-hydrogen) atoms. The van der Waals surface area contributed by atoms with Crippen molar-refractivity contribution in [1.29, 1.82) is 0 Å². The summed E-state index contributed by atoms with van der Waals surface area (Å²) in [7, 11) is 2.04. The maximum absolute atomic E-state index is 12.7. The van der Waals surface area contributed by atoms with E-state index in [2.05, 4.69) is 20.9 Å². The Kier molecular flexibility index (Phi) is 4.99. The highest BCUT2D eigenvalue weighted by atomic mass is 16.2. The third-order valence-electron chi connectivity index (χ3n) is 5.90. The van der Waals surface area contributed by atoms with Crippen LogP contribution in [0, 0.1) is 0 Å². The second-order valence-electron chi connectivity index (χ2n) is 8.54. The zero-order valence-corrected chi connectivity index (χ0v) is 17.2. The summed E-state index contributed by atoms with van der Waals surface area (Å²) in [5, 5.41) is 3.97. The fraction of sp³-hybridized carbons (Fsp3) is 0.375. The van der Waals surface area contributed by atoms with E-state index < -0.39 is 5.54 Å². The van der Waals surface area contributed by atoms with Crippen LogP contribution in [-0.4, -0.2) is 27.3 Å². The fourth-order valence-corrected chi connectivity index (χ4v) is 4.44. The molecule has 150 valence electrons. The first kappa shape index (κ1) is 19.4. The summed E-state index contributed by atoms with van der Waals surface area (Å²) >= 11 is 0. The van der Waals surface area contributed by atoms with E-state index in [1.54, 1.807) is 13.8 Å². The van der Waals surface area contributed by atoms with Gasteiger partial charge in [0.25, 0.3) is 5.91 Å². The largest absolute Gasteiger partial charge is 0.342 e. The Morgan fingerprint density at radius 2 is 1.97 bits per heavy atom. The highest BCUT2D eigenvalue weighted by Gasteiger charge is 2.28. The molecule has 1 aliphatic carbocycles. The van der Waals surface area contributed by atoms with Gasteiger partial charge in [-0.15, -0.1) is 0 Å². The second kappa shape index (κ2) is 7.47. The van der Waals surface area contributed by atoms with E-state index >= 15 is 0 Å². The van der Waals surface area contributed by atoms with Crippen LogP contribution in [0.3, 0.4) is 0 Å². The summed E-state index contributed by atoms with van der Waals surface area (Å²) in [6.07, 6.45) is 7.46. The van der Waals surface area contributed by atoms with Gasteiger partial charge in [0.2, 0.25) is 0 Å². The van der Waals surface area contributed by atoms with Crippen LogP contribution in [0.1, 0.15) is 61.4 Å². The Bertz CT molecular complexity index is 1060. The normalized spacial score (nSPS) is 15.0. The molecule has 1 aliphatic rings. The van der Waals surface area contributed by atoms with Crippen LogP contribution in [0.25, 0.3) is 22.3 Å². The number of nitrogens with one attached hydrogen (secondary N) is 1. The van der Waals surface area contributed by atoms with Crippen molar-refractivity contribution in [3.63, 3.8) is 0 Å². The summed E-state index contributed by atoms with van der Waals surface area (Å²) in [5.74, 6) is 0.274. The SMILES string of the molecule is Cn1c(-c2ccccn2)c(C2CCCC2)c2ccc(C(=O)NC(C)(C)C=O)cc21. The Balaban J connectivity index is 1.86. The number of benzene rings is 1. The molecule has 2 aromatic heterocycles. The molecule has 0 aliphatic heterocycles. The van der Waals surface area contributed by atoms with E-state index in [1.807, 2.05) is 43.6 Å². The van der Waals surface area contributed by atoms with Gasteiger partial charge in [0.1, 0.15) is 6.29 Å². The van der Waals surface area contributed by atoms with Gasteiger partial charge < -0.3 is 14.7 Å². The van der Waals surface area contributed by atoms with Crippen molar-refractivity contribution in [3.8, 4) is 11.4 Å². The maximum Gasteiger partial charge on any atom is 0.252 e. The summed E-state index contributed by atoms with van der Waals surface area (Å²) < 4.78 is 2.16. The smallest absolute Gasteiger partial charge is 0.252 e. The molecule has 0 radical (unpaired) electrons. The number of hydrogen-bond acceptors (Lipinski definition) is 3. The van der Waals surface area contributed by atoms with Crippen molar-refractivity contribution in [3.05, 3.63) is 53.7 Å². The third-order valence-corrected chi connectivity index (χ3v) is 5.90. The zero-order chi connectivity index (χ0) is 20.6. The van der Waals surface area contributed by atoms with Gasteiger partial charge in [-0.1, -0.05) is 25.0 Å². The number of fused-ring (bicyclic) bond motifs is 1. The van der Waals surface area contributed by atoms with E-state index in [0.29, 0.717) is 11.5 Å². The number of aryl methyl sites for hydroxylation is 1. The van der Waals surface area contributed by atoms with E-state index in [9.17, 15) is 9.59 Å². The zero-order valence-electron chi connectivity index (χ0n) is 17.2. The van der Waals surface area contributed by atoms with Crippen LogP contribution >= 0.6 is 0 Å². The van der Waals surface area contributed by atoms with Crippen molar-refractivity contribution in [2.24, 2.45) is 7.05 Å². The fourth-order valence-electron chi connectivity index (χ4n) is 4.44. The number of rotatable bonds is 5. The topological polar surface area (TPSA) is 64.0 Å². The van der Waals surface area contributed by atoms with Crippen molar-refractivity contribution in [2.45, 2.75) is 51.0 Å². The van der Waals surface area contributed by atoms with Crippen LogP contribution < -0.4 is 5.32 Å². The standard InChI is InChI=1S/C24H27N3O2/c1-24(2,15-28)26-23(29)17-11-12-18-20(14-17)27(3)22(19-10-6-7-13-25-19)21(18)16-8-4-5-9-16/h6-7,10-16H,4-5,8-9H2,1-3H3,(H,26,29). The first-order valence-electron chi connectivity index (χ1n) is 10.2. The third kappa shape index (κ3) is 3.57. The van der Waals surface area contributed by atoms with Gasteiger partial charge in [-0.05, 0) is 62.4 Å². The number of pyridine rings is 1. The molecule has 1 amide bonds. The predicted molar refractivity (Wildman–Crippen MR) is 115 cm³/mol. The van der Waals surface area contributed by atoms with E-state index in [4.69, 9.17) is 0 Å². The number of carbonyl (C=O) groups excluding carboxylic acids is 2. The molecule has 3 aromatic rings. The van der Waals surface area contributed by atoms with Gasteiger partial charge in [0, 0.05) is 29.7 Å². The van der Waals surface area contributed by atoms with Gasteiger partial charge in [-0.3, -0.25) is 9.78 Å². The van der Waals surface area contributed by atoms with Crippen LogP contribution in [-0.2, 0) is 11.8 Å². The molecular weight excluding hydrogens is 362 g/mol. The van der Waals surface area contributed by atoms with Gasteiger partial charge >= 0.3 is 0 Å². The van der Waals surface area contributed by atoms with Gasteiger partial charge in [-0.2, -0.15) is 0 Å². The first-order chi connectivity index (χ1) is 13.9. The second-order valence-corrected chi connectivity index (χ2v) is 8.54. The number of carbonyl (C=O) groups is 2. The lowest BCUT2D eigenvalue weighted by Crippen LogP contribution is -2.44. The van der Waals surface area contributed by atoms with E-state index in [0.717, 1.165) is 23.2 Å². The Hall–Kier alpha value is -2.95. The maximum atomic E-state index is 12.7. The number of hydrogen-bond donors (Lipinski definition) is 1. The average Bonchev–Trinajstić information content (AvgIpc) is 3.34.